The van der Waals surface area contributed by atoms with E-state index in [1.54, 1.807) is 0 Å². The Morgan fingerprint density at radius 3 is 2.38 bits per heavy atom. The van der Waals surface area contributed by atoms with Crippen molar-refractivity contribution in [2.75, 3.05) is 31.6 Å². The lowest BCUT2D eigenvalue weighted by Gasteiger charge is -2.42. The predicted molar refractivity (Wildman–Crippen MR) is 96.7 cm³/mol. The summed E-state index contributed by atoms with van der Waals surface area (Å²) in [6.07, 6.45) is 4.83. The molecule has 3 aliphatic heterocycles. The molecule has 7 heteroatoms. The number of hydrogen-bond acceptors (Lipinski definition) is 6. The normalized spacial score (nSPS) is 38.5. The van der Waals surface area contributed by atoms with Gasteiger partial charge in [0.05, 0.1) is 0 Å². The maximum absolute atomic E-state index is 12.4. The van der Waals surface area contributed by atoms with Crippen LogP contribution in [-0.4, -0.2) is 70.7 Å². The third-order valence-corrected chi connectivity index (χ3v) is 7.32. The van der Waals surface area contributed by atoms with Crippen LogP contribution in [0.2, 0.25) is 0 Å². The molecule has 1 saturated carbocycles. The van der Waals surface area contributed by atoms with Crippen molar-refractivity contribution in [1.82, 2.24) is 19.9 Å². The van der Waals surface area contributed by atoms with Crippen LogP contribution < -0.4 is 4.90 Å². The van der Waals surface area contributed by atoms with E-state index in [0.29, 0.717) is 53.6 Å². The van der Waals surface area contributed by atoms with E-state index >= 15 is 0 Å². The summed E-state index contributed by atoms with van der Waals surface area (Å²) in [5.41, 5.74) is 0. The molecule has 1 aliphatic carbocycles. The second-order valence-electron chi connectivity index (χ2n) is 8.70. The predicted octanol–water partition coefficient (Wildman–Crippen LogP) is 1.53. The molecule has 4 fully saturated rings. The standard InChI is InChI=1S/C19H29N5O2/c1-4-22(3)18(25)17-15-9-23(10-16(15)17)14-7-12-5-6-13(8-14)24(12)19-20-11(2)21-26-19/h12-17H,4-10H2,1-3H3/t12?,13?,14?,15-,16+,17-. The maximum Gasteiger partial charge on any atom is 0.324 e. The first-order valence-electron chi connectivity index (χ1n) is 10.1. The molecule has 5 rings (SSSR count). The van der Waals surface area contributed by atoms with Crippen molar-refractivity contribution >= 4 is 11.9 Å². The van der Waals surface area contributed by atoms with Gasteiger partial charge in [0.1, 0.15) is 0 Å². The first kappa shape index (κ1) is 16.5. The van der Waals surface area contributed by atoms with Crippen LogP contribution in [0.15, 0.2) is 4.52 Å². The van der Waals surface area contributed by atoms with Crippen LogP contribution in [0.5, 0.6) is 0 Å². The third kappa shape index (κ3) is 2.47. The highest BCUT2D eigenvalue weighted by Crippen LogP contribution is 2.54. The van der Waals surface area contributed by atoms with Crippen molar-refractivity contribution in [3.63, 3.8) is 0 Å². The van der Waals surface area contributed by atoms with Crippen molar-refractivity contribution in [3.05, 3.63) is 5.82 Å². The lowest BCUT2D eigenvalue weighted by atomic mass is 9.96. The Bertz CT molecular complexity index is 680. The van der Waals surface area contributed by atoms with Gasteiger partial charge in [-0.25, -0.2) is 0 Å². The van der Waals surface area contributed by atoms with Crippen LogP contribution in [0.4, 0.5) is 6.01 Å². The molecule has 3 saturated heterocycles. The van der Waals surface area contributed by atoms with Gasteiger partial charge in [0.15, 0.2) is 5.82 Å². The summed E-state index contributed by atoms with van der Waals surface area (Å²) in [4.78, 5) is 23.8. The zero-order chi connectivity index (χ0) is 18.0. The topological polar surface area (TPSA) is 65.7 Å². The molecule has 0 radical (unpaired) electrons. The summed E-state index contributed by atoms with van der Waals surface area (Å²) in [5, 5.41) is 3.97. The molecule has 1 aromatic rings. The number of fused-ring (bicyclic) bond motifs is 3. The molecule has 26 heavy (non-hydrogen) atoms. The van der Waals surface area contributed by atoms with Crippen LogP contribution in [0.1, 0.15) is 38.4 Å². The number of hydrogen-bond donors (Lipinski definition) is 0. The molecule has 0 N–H and O–H groups in total. The van der Waals surface area contributed by atoms with Gasteiger partial charge in [-0.05, 0) is 51.4 Å². The van der Waals surface area contributed by atoms with Crippen molar-refractivity contribution in [1.29, 1.82) is 0 Å². The zero-order valence-corrected chi connectivity index (χ0v) is 16.0. The van der Waals surface area contributed by atoms with Gasteiger partial charge >= 0.3 is 6.01 Å². The Labute approximate surface area is 154 Å². The molecule has 4 aliphatic rings. The van der Waals surface area contributed by atoms with Crippen LogP contribution in [0, 0.1) is 24.7 Å². The van der Waals surface area contributed by atoms with E-state index in [-0.39, 0.29) is 0 Å². The fourth-order valence-electron chi connectivity index (χ4n) is 5.78. The Balaban J connectivity index is 1.21. The van der Waals surface area contributed by atoms with E-state index in [1.165, 1.54) is 25.7 Å². The molecule has 2 bridgehead atoms. The number of anilines is 1. The molecule has 7 nitrogen and oxygen atoms in total. The van der Waals surface area contributed by atoms with Gasteiger partial charge < -0.3 is 14.3 Å². The van der Waals surface area contributed by atoms with E-state index in [9.17, 15) is 4.79 Å². The van der Waals surface area contributed by atoms with Crippen molar-refractivity contribution < 1.29 is 9.32 Å². The number of carbonyl (C=O) groups excluding carboxylic acids is 1. The molecule has 1 amide bonds. The Morgan fingerprint density at radius 2 is 1.85 bits per heavy atom. The average Bonchev–Trinajstić information content (AvgIpc) is 2.97. The lowest BCUT2D eigenvalue weighted by molar-refractivity contribution is -0.132. The Morgan fingerprint density at radius 1 is 1.19 bits per heavy atom. The van der Waals surface area contributed by atoms with Crippen LogP contribution in [-0.2, 0) is 4.79 Å². The van der Waals surface area contributed by atoms with Crippen molar-refractivity contribution in [3.8, 4) is 0 Å². The van der Waals surface area contributed by atoms with Gasteiger partial charge in [-0.3, -0.25) is 9.69 Å². The van der Waals surface area contributed by atoms with Gasteiger partial charge in [0.25, 0.3) is 0 Å². The summed E-state index contributed by atoms with van der Waals surface area (Å²) >= 11 is 0. The highest BCUT2D eigenvalue weighted by molar-refractivity contribution is 5.82. The van der Waals surface area contributed by atoms with Gasteiger partial charge in [0.2, 0.25) is 5.91 Å². The highest BCUT2D eigenvalue weighted by atomic mass is 16.5. The van der Waals surface area contributed by atoms with Crippen molar-refractivity contribution in [2.24, 2.45) is 17.8 Å². The number of aromatic nitrogens is 2. The first-order valence-corrected chi connectivity index (χ1v) is 10.1. The maximum atomic E-state index is 12.4. The van der Waals surface area contributed by atoms with E-state index < -0.39 is 0 Å². The molecule has 0 spiro atoms. The van der Waals surface area contributed by atoms with E-state index in [1.807, 2.05) is 18.9 Å². The van der Waals surface area contributed by atoms with Crippen LogP contribution >= 0.6 is 0 Å². The minimum atomic E-state index is 0.300. The van der Waals surface area contributed by atoms with E-state index in [0.717, 1.165) is 19.6 Å². The molecular formula is C19H29N5O2. The minimum Gasteiger partial charge on any atom is -0.346 e. The number of likely N-dealkylation sites (tertiary alicyclic amines) is 1. The molecule has 0 aromatic carbocycles. The van der Waals surface area contributed by atoms with E-state index in [4.69, 9.17) is 4.52 Å². The van der Waals surface area contributed by atoms with Gasteiger partial charge in [-0.1, -0.05) is 5.16 Å². The third-order valence-electron chi connectivity index (χ3n) is 7.32. The summed E-state index contributed by atoms with van der Waals surface area (Å²) in [5.74, 6) is 2.59. The zero-order valence-electron chi connectivity index (χ0n) is 16.0. The summed E-state index contributed by atoms with van der Waals surface area (Å²) in [6.45, 7) is 6.98. The molecule has 4 heterocycles. The number of piperidine rings is 2. The van der Waals surface area contributed by atoms with Crippen LogP contribution in [0.3, 0.4) is 0 Å². The summed E-state index contributed by atoms with van der Waals surface area (Å²) in [7, 11) is 1.93. The minimum absolute atomic E-state index is 0.300. The van der Waals surface area contributed by atoms with Gasteiger partial charge in [-0.15, -0.1) is 0 Å². The highest BCUT2D eigenvalue weighted by Gasteiger charge is 2.61. The van der Waals surface area contributed by atoms with Gasteiger partial charge in [-0.2, -0.15) is 4.98 Å². The molecular weight excluding hydrogens is 330 g/mol. The van der Waals surface area contributed by atoms with Crippen LogP contribution in [0.25, 0.3) is 0 Å². The Hall–Kier alpha value is -1.63. The number of nitrogens with zero attached hydrogens (tertiary/aromatic N) is 5. The molecule has 2 unspecified atom stereocenters. The quantitative estimate of drug-likeness (QED) is 0.812. The second kappa shape index (κ2) is 5.94. The summed E-state index contributed by atoms with van der Waals surface area (Å²) < 4.78 is 5.45. The Kier molecular flexibility index (Phi) is 3.78. The number of aryl methyl sites for hydroxylation is 1. The van der Waals surface area contributed by atoms with Gasteiger partial charge in [0, 0.05) is 50.7 Å². The SMILES string of the molecule is CCN(C)C(=O)[C@@H]1[C@@H]2CN(C3CC4CCC(C3)N4c3nc(C)no3)C[C@@H]21. The fourth-order valence-corrected chi connectivity index (χ4v) is 5.78. The van der Waals surface area contributed by atoms with Crippen molar-refractivity contribution in [2.45, 2.75) is 57.7 Å². The number of rotatable bonds is 4. The largest absolute Gasteiger partial charge is 0.346 e. The second-order valence-corrected chi connectivity index (χ2v) is 8.70. The van der Waals surface area contributed by atoms with E-state index in [2.05, 4.69) is 26.9 Å². The fraction of sp³-hybridized carbons (Fsp3) is 0.842. The summed E-state index contributed by atoms with van der Waals surface area (Å²) in [6, 6.07) is 2.42. The number of amides is 1. The molecule has 1 aromatic heterocycles. The lowest BCUT2D eigenvalue weighted by Crippen LogP contribution is -2.51. The molecule has 5 atom stereocenters. The molecule has 142 valence electrons. The first-order chi connectivity index (χ1) is 12.6. The monoisotopic (exact) mass is 359 g/mol. The number of carbonyl (C=O) groups is 1. The average molecular weight is 359 g/mol. The smallest absolute Gasteiger partial charge is 0.324 e.